The van der Waals surface area contributed by atoms with Gasteiger partial charge in [0.25, 0.3) is 0 Å². The van der Waals surface area contributed by atoms with Crippen LogP contribution in [-0.4, -0.2) is 45.1 Å². The zero-order valence-corrected chi connectivity index (χ0v) is 15.0. The number of nitrogens with zero attached hydrogens (tertiary/aromatic N) is 4. The van der Waals surface area contributed by atoms with Crippen molar-refractivity contribution < 1.29 is 14.3 Å². The fourth-order valence-electron chi connectivity index (χ4n) is 3.74. The van der Waals surface area contributed by atoms with Gasteiger partial charge in [0.05, 0.1) is 24.1 Å². The van der Waals surface area contributed by atoms with Crippen molar-refractivity contribution in [3.05, 3.63) is 42.2 Å². The molecule has 7 heteroatoms. The Bertz CT molecular complexity index is 755. The summed E-state index contributed by atoms with van der Waals surface area (Å²) in [6.07, 6.45) is 6.91. The first-order valence-corrected chi connectivity index (χ1v) is 9.19. The lowest BCUT2D eigenvalue weighted by Gasteiger charge is -2.37. The summed E-state index contributed by atoms with van der Waals surface area (Å²) in [6.45, 7) is 5.33. The molecule has 0 spiro atoms. The lowest BCUT2D eigenvalue weighted by atomic mass is 9.97. The van der Waals surface area contributed by atoms with E-state index in [1.54, 1.807) is 12.4 Å². The Hall–Kier alpha value is -2.41. The summed E-state index contributed by atoms with van der Waals surface area (Å²) in [5.41, 5.74) is 1.02. The Kier molecular flexibility index (Phi) is 4.88. The molecule has 0 N–H and O–H groups in total. The summed E-state index contributed by atoms with van der Waals surface area (Å²) in [7, 11) is 0. The minimum Gasteiger partial charge on any atom is -0.486 e. The van der Waals surface area contributed by atoms with Gasteiger partial charge in [0, 0.05) is 38.4 Å². The molecule has 138 valence electrons. The van der Waals surface area contributed by atoms with Crippen molar-refractivity contribution in [2.75, 3.05) is 19.8 Å². The van der Waals surface area contributed by atoms with Gasteiger partial charge >= 0.3 is 0 Å². The molecular formula is C19H24N4O3. The van der Waals surface area contributed by atoms with Gasteiger partial charge in [-0.2, -0.15) is 0 Å². The van der Waals surface area contributed by atoms with E-state index in [1.165, 1.54) is 0 Å². The monoisotopic (exact) mass is 356 g/mol. The molecule has 26 heavy (non-hydrogen) atoms. The normalized spacial score (nSPS) is 20.7. The predicted octanol–water partition coefficient (Wildman–Crippen LogP) is 2.19. The number of aromatic nitrogens is 3. The molecule has 4 heterocycles. The molecule has 7 nitrogen and oxygen atoms in total. The zero-order chi connectivity index (χ0) is 17.9. The van der Waals surface area contributed by atoms with Crippen LogP contribution in [0.3, 0.4) is 0 Å². The van der Waals surface area contributed by atoms with E-state index in [-0.39, 0.29) is 17.9 Å². The van der Waals surface area contributed by atoms with Gasteiger partial charge in [0.1, 0.15) is 18.2 Å². The first kappa shape index (κ1) is 17.0. The quantitative estimate of drug-likeness (QED) is 0.840. The Balaban J connectivity index is 1.45. The summed E-state index contributed by atoms with van der Waals surface area (Å²) in [5, 5.41) is 0. The SMILES string of the molecule is C[C@@H]1c2ncc(COc3cccnc3)n2CCN1C(=O)C1CCOCC1. The van der Waals surface area contributed by atoms with E-state index in [0.29, 0.717) is 26.4 Å². The van der Waals surface area contributed by atoms with Crippen LogP contribution in [0.25, 0.3) is 0 Å². The van der Waals surface area contributed by atoms with Crippen LogP contribution in [-0.2, 0) is 22.7 Å². The molecule has 0 saturated carbocycles. The number of amides is 1. The second-order valence-electron chi connectivity index (χ2n) is 6.83. The van der Waals surface area contributed by atoms with Crippen LogP contribution < -0.4 is 4.74 Å². The highest BCUT2D eigenvalue weighted by Gasteiger charge is 2.34. The third-order valence-electron chi connectivity index (χ3n) is 5.25. The maximum absolute atomic E-state index is 12.9. The summed E-state index contributed by atoms with van der Waals surface area (Å²) in [6, 6.07) is 3.71. The van der Waals surface area contributed by atoms with Crippen molar-refractivity contribution in [1.29, 1.82) is 0 Å². The molecule has 0 aromatic carbocycles. The molecule has 0 unspecified atom stereocenters. The van der Waals surface area contributed by atoms with Crippen LogP contribution in [0.5, 0.6) is 5.75 Å². The molecule has 1 saturated heterocycles. The summed E-state index contributed by atoms with van der Waals surface area (Å²) >= 11 is 0. The third-order valence-corrected chi connectivity index (χ3v) is 5.25. The number of pyridine rings is 1. The van der Waals surface area contributed by atoms with Crippen LogP contribution in [0, 0.1) is 5.92 Å². The number of rotatable bonds is 4. The van der Waals surface area contributed by atoms with Crippen molar-refractivity contribution >= 4 is 5.91 Å². The molecule has 1 fully saturated rings. The van der Waals surface area contributed by atoms with E-state index in [4.69, 9.17) is 9.47 Å². The van der Waals surface area contributed by atoms with Gasteiger partial charge < -0.3 is 18.9 Å². The van der Waals surface area contributed by atoms with Crippen LogP contribution >= 0.6 is 0 Å². The molecule has 2 aromatic heterocycles. The highest BCUT2D eigenvalue weighted by molar-refractivity contribution is 5.79. The molecule has 2 aliphatic rings. The number of imidazole rings is 1. The van der Waals surface area contributed by atoms with Crippen LogP contribution in [0.15, 0.2) is 30.7 Å². The van der Waals surface area contributed by atoms with Gasteiger partial charge in [-0.3, -0.25) is 9.78 Å². The molecular weight excluding hydrogens is 332 g/mol. The van der Waals surface area contributed by atoms with Crippen molar-refractivity contribution in [1.82, 2.24) is 19.4 Å². The molecule has 0 bridgehead atoms. The second kappa shape index (κ2) is 7.45. The first-order valence-electron chi connectivity index (χ1n) is 9.19. The van der Waals surface area contributed by atoms with Gasteiger partial charge in [0.2, 0.25) is 5.91 Å². The molecule has 2 aromatic rings. The average molecular weight is 356 g/mol. The van der Waals surface area contributed by atoms with E-state index in [1.807, 2.05) is 23.2 Å². The van der Waals surface area contributed by atoms with Gasteiger partial charge in [0.15, 0.2) is 0 Å². The topological polar surface area (TPSA) is 69.5 Å². The maximum atomic E-state index is 12.9. The summed E-state index contributed by atoms with van der Waals surface area (Å²) in [4.78, 5) is 23.5. The number of hydrogen-bond donors (Lipinski definition) is 0. The van der Waals surface area contributed by atoms with E-state index < -0.39 is 0 Å². The Morgan fingerprint density at radius 1 is 1.31 bits per heavy atom. The van der Waals surface area contributed by atoms with Crippen LogP contribution in [0.1, 0.15) is 37.3 Å². The van der Waals surface area contributed by atoms with E-state index in [0.717, 1.165) is 36.7 Å². The Morgan fingerprint density at radius 3 is 2.92 bits per heavy atom. The molecule has 0 radical (unpaired) electrons. The summed E-state index contributed by atoms with van der Waals surface area (Å²) < 4.78 is 13.4. The second-order valence-corrected chi connectivity index (χ2v) is 6.83. The standard InChI is InChI=1S/C19H24N4O3/c1-14-18-21-11-16(13-26-17-3-2-6-20-12-17)23(18)8-7-22(14)19(24)15-4-9-25-10-5-15/h2-3,6,11-12,14-15H,4-5,7-10,13H2,1H3/t14-/m1/s1. The lowest BCUT2D eigenvalue weighted by molar-refractivity contribution is -0.142. The Morgan fingerprint density at radius 2 is 2.15 bits per heavy atom. The number of ether oxygens (including phenoxy) is 2. The zero-order valence-electron chi connectivity index (χ0n) is 15.0. The van der Waals surface area contributed by atoms with Gasteiger partial charge in [-0.25, -0.2) is 4.98 Å². The first-order chi connectivity index (χ1) is 12.7. The fourth-order valence-corrected chi connectivity index (χ4v) is 3.74. The summed E-state index contributed by atoms with van der Waals surface area (Å²) in [5.74, 6) is 1.99. The molecule has 1 atom stereocenters. The van der Waals surface area contributed by atoms with Crippen molar-refractivity contribution in [3.63, 3.8) is 0 Å². The Labute approximate surface area is 152 Å². The molecule has 2 aliphatic heterocycles. The van der Waals surface area contributed by atoms with Gasteiger partial charge in [-0.1, -0.05) is 0 Å². The molecule has 0 aliphatic carbocycles. The van der Waals surface area contributed by atoms with Crippen molar-refractivity contribution in [2.45, 2.75) is 39.0 Å². The smallest absolute Gasteiger partial charge is 0.226 e. The van der Waals surface area contributed by atoms with Crippen molar-refractivity contribution in [2.24, 2.45) is 5.92 Å². The minimum absolute atomic E-state index is 0.0220. The molecule has 1 amide bonds. The third kappa shape index (κ3) is 3.31. The molecule has 4 rings (SSSR count). The van der Waals surface area contributed by atoms with Gasteiger partial charge in [-0.15, -0.1) is 0 Å². The predicted molar refractivity (Wildman–Crippen MR) is 94.5 cm³/mol. The number of fused-ring (bicyclic) bond motifs is 1. The highest BCUT2D eigenvalue weighted by Crippen LogP contribution is 2.29. The largest absolute Gasteiger partial charge is 0.486 e. The van der Waals surface area contributed by atoms with Gasteiger partial charge in [-0.05, 0) is 31.9 Å². The minimum atomic E-state index is -0.0220. The van der Waals surface area contributed by atoms with E-state index >= 15 is 0 Å². The maximum Gasteiger partial charge on any atom is 0.226 e. The lowest BCUT2D eigenvalue weighted by Crippen LogP contribution is -2.45. The number of carbonyl (C=O) groups is 1. The van der Waals surface area contributed by atoms with E-state index in [9.17, 15) is 4.79 Å². The fraction of sp³-hybridized carbons (Fsp3) is 0.526. The average Bonchev–Trinajstić information content (AvgIpc) is 3.12. The number of hydrogen-bond acceptors (Lipinski definition) is 5. The van der Waals surface area contributed by atoms with Crippen LogP contribution in [0.2, 0.25) is 0 Å². The highest BCUT2D eigenvalue weighted by atomic mass is 16.5. The van der Waals surface area contributed by atoms with Crippen molar-refractivity contribution in [3.8, 4) is 5.75 Å². The van der Waals surface area contributed by atoms with E-state index in [2.05, 4.69) is 21.5 Å². The number of carbonyl (C=O) groups excluding carboxylic acids is 1. The van der Waals surface area contributed by atoms with Crippen LogP contribution in [0.4, 0.5) is 0 Å².